The van der Waals surface area contributed by atoms with Crippen molar-refractivity contribution in [2.45, 2.75) is 63.3 Å². The van der Waals surface area contributed by atoms with Gasteiger partial charge in [0.15, 0.2) is 0 Å². The highest BCUT2D eigenvalue weighted by molar-refractivity contribution is 6.31. The number of ether oxygens (including phenoxy) is 2. The van der Waals surface area contributed by atoms with Crippen LogP contribution in [0.5, 0.6) is 0 Å². The largest absolute Gasteiger partial charge is 0.385 e. The van der Waals surface area contributed by atoms with Crippen molar-refractivity contribution < 1.29 is 28.2 Å². The van der Waals surface area contributed by atoms with Gasteiger partial charge in [-0.25, -0.2) is 4.39 Å². The summed E-state index contributed by atoms with van der Waals surface area (Å²) < 4.78 is 25.2. The summed E-state index contributed by atoms with van der Waals surface area (Å²) in [5.41, 5.74) is -0.912. The second-order valence-electron chi connectivity index (χ2n) is 11.1. The summed E-state index contributed by atoms with van der Waals surface area (Å²) in [6.07, 6.45) is 6.53. The lowest BCUT2D eigenvalue weighted by atomic mass is 9.73. The van der Waals surface area contributed by atoms with E-state index in [9.17, 15) is 18.8 Å². The minimum absolute atomic E-state index is 0.0162. The molecule has 3 heterocycles. The molecular weight excluding hydrogens is 513 g/mol. The number of likely N-dealkylation sites (tertiary alicyclic amines) is 1. The SMILES string of the molecule is COCCCN1C(=O)[C@H]2[C@H](C(=O)Nc3ccc(F)c(Cl)c3)[C@H]3C=C[C@@]2(O3)[C@@H]1C(=O)N[C@@H]1CCC[C@@H](C)[C@H]1C. The first-order chi connectivity index (χ1) is 18.2. The minimum Gasteiger partial charge on any atom is -0.385 e. The van der Waals surface area contributed by atoms with Gasteiger partial charge in [-0.1, -0.05) is 50.4 Å². The van der Waals surface area contributed by atoms with Crippen LogP contribution in [0.4, 0.5) is 10.1 Å². The fourth-order valence-corrected chi connectivity index (χ4v) is 6.91. The lowest BCUT2D eigenvalue weighted by Gasteiger charge is -2.38. The molecule has 2 bridgehead atoms. The van der Waals surface area contributed by atoms with Crippen LogP contribution in [-0.2, 0) is 23.9 Å². The third kappa shape index (κ3) is 4.52. The molecule has 1 saturated carbocycles. The van der Waals surface area contributed by atoms with Crippen molar-refractivity contribution in [2.24, 2.45) is 23.7 Å². The van der Waals surface area contributed by atoms with Crippen LogP contribution in [-0.4, -0.2) is 66.7 Å². The molecule has 1 spiro atoms. The number of hydrogen-bond acceptors (Lipinski definition) is 5. The van der Waals surface area contributed by atoms with Crippen molar-refractivity contribution in [1.82, 2.24) is 10.2 Å². The number of rotatable bonds is 8. The Morgan fingerprint density at radius 3 is 2.79 bits per heavy atom. The first-order valence-electron chi connectivity index (χ1n) is 13.4. The Morgan fingerprint density at radius 1 is 1.26 bits per heavy atom. The van der Waals surface area contributed by atoms with E-state index >= 15 is 0 Å². The van der Waals surface area contributed by atoms with E-state index in [1.165, 1.54) is 18.2 Å². The van der Waals surface area contributed by atoms with E-state index in [4.69, 9.17) is 21.1 Å². The first kappa shape index (κ1) is 27.1. The van der Waals surface area contributed by atoms with Gasteiger partial charge < -0.3 is 25.0 Å². The van der Waals surface area contributed by atoms with Gasteiger partial charge in [-0.05, 0) is 42.9 Å². The van der Waals surface area contributed by atoms with Crippen molar-refractivity contribution in [2.75, 3.05) is 25.6 Å². The Hall–Kier alpha value is -2.49. The molecule has 0 aromatic heterocycles. The highest BCUT2D eigenvalue weighted by Crippen LogP contribution is 2.55. The number of halogens is 2. The number of nitrogens with zero attached hydrogens (tertiary/aromatic N) is 1. The normalized spacial score (nSPS) is 35.4. The van der Waals surface area contributed by atoms with Crippen molar-refractivity contribution in [3.63, 3.8) is 0 Å². The fraction of sp³-hybridized carbons (Fsp3) is 0.607. The average Bonchev–Trinajstić information content (AvgIpc) is 3.52. The highest BCUT2D eigenvalue weighted by atomic mass is 35.5. The molecule has 2 saturated heterocycles. The second kappa shape index (κ2) is 10.6. The number of nitrogens with one attached hydrogen (secondary N) is 2. The molecule has 2 N–H and O–H groups in total. The molecule has 8 atom stereocenters. The van der Waals surface area contributed by atoms with Gasteiger partial charge in [-0.2, -0.15) is 0 Å². The second-order valence-corrected chi connectivity index (χ2v) is 11.5. The Kier molecular flexibility index (Phi) is 7.55. The van der Waals surface area contributed by atoms with Gasteiger partial charge in [0, 0.05) is 32.0 Å². The van der Waals surface area contributed by atoms with Crippen LogP contribution in [0, 0.1) is 29.5 Å². The smallest absolute Gasteiger partial charge is 0.246 e. The van der Waals surface area contributed by atoms with E-state index in [0.29, 0.717) is 37.1 Å². The zero-order chi connectivity index (χ0) is 27.2. The van der Waals surface area contributed by atoms with E-state index < -0.39 is 41.3 Å². The van der Waals surface area contributed by atoms with E-state index in [1.54, 1.807) is 24.2 Å². The maximum atomic E-state index is 13.9. The van der Waals surface area contributed by atoms with Crippen LogP contribution in [0.2, 0.25) is 5.02 Å². The van der Waals surface area contributed by atoms with Gasteiger partial charge in [-0.15, -0.1) is 0 Å². The summed E-state index contributed by atoms with van der Waals surface area (Å²) in [5, 5.41) is 5.88. The Labute approximate surface area is 227 Å². The predicted octanol–water partition coefficient (Wildman–Crippen LogP) is 3.55. The minimum atomic E-state index is -1.23. The lowest BCUT2D eigenvalue weighted by molar-refractivity contribution is -0.141. The lowest BCUT2D eigenvalue weighted by Crippen LogP contribution is -2.58. The number of carbonyl (C=O) groups excluding carboxylic acids is 3. The zero-order valence-electron chi connectivity index (χ0n) is 21.9. The molecule has 5 rings (SSSR count). The summed E-state index contributed by atoms with van der Waals surface area (Å²) in [4.78, 5) is 42.9. The van der Waals surface area contributed by atoms with Gasteiger partial charge in [0.1, 0.15) is 17.5 Å². The zero-order valence-corrected chi connectivity index (χ0v) is 22.7. The van der Waals surface area contributed by atoms with Crippen LogP contribution < -0.4 is 10.6 Å². The molecule has 0 unspecified atom stereocenters. The van der Waals surface area contributed by atoms with Gasteiger partial charge in [0.25, 0.3) is 0 Å². The number of amides is 3. The van der Waals surface area contributed by atoms with E-state index in [-0.39, 0.29) is 22.9 Å². The Balaban J connectivity index is 1.42. The molecule has 4 aliphatic rings. The molecule has 1 aromatic carbocycles. The molecule has 3 amide bonds. The number of methoxy groups -OCH3 is 1. The predicted molar refractivity (Wildman–Crippen MR) is 140 cm³/mol. The molecule has 8 nitrogen and oxygen atoms in total. The highest BCUT2D eigenvalue weighted by Gasteiger charge is 2.72. The molecule has 1 aromatic rings. The van der Waals surface area contributed by atoms with E-state index in [1.807, 2.05) is 0 Å². The van der Waals surface area contributed by atoms with Crippen molar-refractivity contribution in [3.05, 3.63) is 41.2 Å². The molecular formula is C28H35ClFN3O5. The van der Waals surface area contributed by atoms with E-state index in [2.05, 4.69) is 24.5 Å². The molecule has 10 heteroatoms. The number of fused-ring (bicyclic) bond motifs is 1. The van der Waals surface area contributed by atoms with Gasteiger partial charge in [0.2, 0.25) is 17.7 Å². The molecule has 206 valence electrons. The summed E-state index contributed by atoms with van der Waals surface area (Å²) in [7, 11) is 1.59. The van der Waals surface area contributed by atoms with Gasteiger partial charge >= 0.3 is 0 Å². The van der Waals surface area contributed by atoms with Crippen LogP contribution in [0.15, 0.2) is 30.4 Å². The van der Waals surface area contributed by atoms with Crippen molar-refractivity contribution in [1.29, 1.82) is 0 Å². The van der Waals surface area contributed by atoms with E-state index in [0.717, 1.165) is 19.3 Å². The van der Waals surface area contributed by atoms with Crippen molar-refractivity contribution in [3.8, 4) is 0 Å². The number of benzene rings is 1. The van der Waals surface area contributed by atoms with Crippen molar-refractivity contribution >= 4 is 35.0 Å². The molecule has 0 radical (unpaired) electrons. The number of carbonyl (C=O) groups is 3. The Bertz CT molecular complexity index is 1150. The van der Waals surface area contributed by atoms with Crippen LogP contribution in [0.25, 0.3) is 0 Å². The molecule has 3 fully saturated rings. The molecule has 1 aliphatic carbocycles. The maximum Gasteiger partial charge on any atom is 0.246 e. The third-order valence-corrected chi connectivity index (χ3v) is 9.18. The summed E-state index contributed by atoms with van der Waals surface area (Å²) in [6.45, 7) is 5.10. The van der Waals surface area contributed by atoms with Gasteiger partial charge in [-0.3, -0.25) is 14.4 Å². The molecule has 3 aliphatic heterocycles. The van der Waals surface area contributed by atoms with Crippen LogP contribution in [0.1, 0.15) is 39.5 Å². The average molecular weight is 548 g/mol. The summed E-state index contributed by atoms with van der Waals surface area (Å²) in [6, 6.07) is 3.03. The Morgan fingerprint density at radius 2 is 2.05 bits per heavy atom. The quantitative estimate of drug-likeness (QED) is 0.383. The summed E-state index contributed by atoms with van der Waals surface area (Å²) >= 11 is 5.89. The topological polar surface area (TPSA) is 97.0 Å². The standard InChI is InChI=1S/C28H35ClFN3O5/c1-15-6-4-7-20(16(15)2)32-26(35)24-28-11-10-21(38-28)22(23(28)27(36)33(24)12-5-13-37-3)25(34)31-17-8-9-19(30)18(29)14-17/h8-11,14-16,20-24H,4-7,12-13H2,1-3H3,(H,31,34)(H,32,35)/t15-,16-,20-,21-,22-,23-,24+,28+/m1/s1. The third-order valence-electron chi connectivity index (χ3n) is 8.89. The first-order valence-corrected chi connectivity index (χ1v) is 13.8. The van der Waals surface area contributed by atoms with Gasteiger partial charge in [0.05, 0.1) is 23.0 Å². The summed E-state index contributed by atoms with van der Waals surface area (Å²) in [5.74, 6) is -2.44. The monoisotopic (exact) mass is 547 g/mol. The van der Waals surface area contributed by atoms with Crippen LogP contribution >= 0.6 is 11.6 Å². The van der Waals surface area contributed by atoms with Crippen LogP contribution in [0.3, 0.4) is 0 Å². The number of anilines is 1. The molecule has 38 heavy (non-hydrogen) atoms. The maximum absolute atomic E-state index is 13.9. The fourth-order valence-electron chi connectivity index (χ4n) is 6.73. The number of hydrogen-bond donors (Lipinski definition) is 2.